The average Bonchev–Trinajstić information content (AvgIpc) is 3.25. The van der Waals surface area contributed by atoms with Gasteiger partial charge in [0.15, 0.2) is 0 Å². The van der Waals surface area contributed by atoms with Gasteiger partial charge in [-0.05, 0) is 43.4 Å². The number of carbonyl (C=O) groups is 1. The van der Waals surface area contributed by atoms with E-state index in [2.05, 4.69) is 21.2 Å². The first kappa shape index (κ1) is 15.5. The van der Waals surface area contributed by atoms with Crippen LogP contribution in [0.1, 0.15) is 44.1 Å². The molecule has 20 heavy (non-hydrogen) atoms. The Bertz CT molecular complexity index is 440. The molecule has 0 aromatic heterocycles. The molecule has 110 valence electrons. The zero-order valence-corrected chi connectivity index (χ0v) is 13.3. The van der Waals surface area contributed by atoms with Gasteiger partial charge in [0, 0.05) is 17.6 Å². The van der Waals surface area contributed by atoms with E-state index in [1.54, 1.807) is 0 Å². The summed E-state index contributed by atoms with van der Waals surface area (Å²) in [6, 6.07) is 8.07. The third-order valence-electron chi connectivity index (χ3n) is 3.95. The maximum Gasteiger partial charge on any atom is 0.230 e. The Morgan fingerprint density at radius 3 is 2.40 bits per heavy atom. The lowest BCUT2D eigenvalue weighted by atomic mass is 9.95. The molecule has 0 atom stereocenters. The van der Waals surface area contributed by atoms with E-state index in [0.717, 1.165) is 55.1 Å². The summed E-state index contributed by atoms with van der Waals surface area (Å²) < 4.78 is 1.04. The number of hydrogen-bond donors (Lipinski definition) is 2. The van der Waals surface area contributed by atoms with Crippen molar-refractivity contribution in [2.24, 2.45) is 0 Å². The van der Waals surface area contributed by atoms with Crippen molar-refractivity contribution in [3.8, 4) is 0 Å². The summed E-state index contributed by atoms with van der Waals surface area (Å²) in [5.41, 5.74) is 0.852. The largest absolute Gasteiger partial charge is 0.396 e. The fourth-order valence-corrected chi connectivity index (χ4v) is 2.77. The molecule has 0 spiro atoms. The number of rotatable bonds is 8. The Morgan fingerprint density at radius 2 is 1.80 bits per heavy atom. The third-order valence-corrected chi connectivity index (χ3v) is 4.48. The van der Waals surface area contributed by atoms with Crippen LogP contribution in [0.25, 0.3) is 0 Å². The van der Waals surface area contributed by atoms with Gasteiger partial charge >= 0.3 is 0 Å². The van der Waals surface area contributed by atoms with Crippen LogP contribution >= 0.6 is 15.9 Å². The smallest absolute Gasteiger partial charge is 0.230 e. The minimum Gasteiger partial charge on any atom is -0.396 e. The van der Waals surface area contributed by atoms with Gasteiger partial charge in [0.25, 0.3) is 0 Å². The Balaban J connectivity index is 1.78. The van der Waals surface area contributed by atoms with Crippen molar-refractivity contribution in [3.63, 3.8) is 0 Å². The standard InChI is InChI=1S/C16H22BrNO2/c17-14-7-5-13(6-8-14)16(9-10-16)15(20)18-11-3-1-2-4-12-19/h5-8,19H,1-4,9-12H2,(H,18,20). The van der Waals surface area contributed by atoms with E-state index in [9.17, 15) is 4.79 Å². The lowest BCUT2D eigenvalue weighted by Gasteiger charge is -2.16. The molecule has 0 bridgehead atoms. The summed E-state index contributed by atoms with van der Waals surface area (Å²) >= 11 is 3.42. The predicted molar refractivity (Wildman–Crippen MR) is 83.6 cm³/mol. The Hall–Kier alpha value is -0.870. The maximum absolute atomic E-state index is 12.3. The SMILES string of the molecule is O=C(NCCCCCCO)C1(c2ccc(Br)cc2)CC1. The number of aliphatic hydroxyl groups is 1. The first-order chi connectivity index (χ1) is 9.69. The van der Waals surface area contributed by atoms with Crippen LogP contribution in [0.4, 0.5) is 0 Å². The van der Waals surface area contributed by atoms with Crippen LogP contribution in [0, 0.1) is 0 Å². The van der Waals surface area contributed by atoms with Gasteiger partial charge in [0.2, 0.25) is 5.91 Å². The fraction of sp³-hybridized carbons (Fsp3) is 0.562. The average molecular weight is 340 g/mol. The zero-order chi connectivity index (χ0) is 14.4. The van der Waals surface area contributed by atoms with Gasteiger partial charge in [-0.1, -0.05) is 40.9 Å². The monoisotopic (exact) mass is 339 g/mol. The summed E-state index contributed by atoms with van der Waals surface area (Å²) in [7, 11) is 0. The van der Waals surface area contributed by atoms with Crippen molar-refractivity contribution in [1.82, 2.24) is 5.32 Å². The summed E-state index contributed by atoms with van der Waals surface area (Å²) in [5, 5.41) is 11.8. The van der Waals surface area contributed by atoms with E-state index in [1.165, 1.54) is 0 Å². The summed E-state index contributed by atoms with van der Waals surface area (Å²) in [6.07, 6.45) is 5.84. The van der Waals surface area contributed by atoms with Crippen LogP contribution in [-0.2, 0) is 10.2 Å². The first-order valence-electron chi connectivity index (χ1n) is 7.34. The molecule has 2 N–H and O–H groups in total. The zero-order valence-electron chi connectivity index (χ0n) is 11.7. The van der Waals surface area contributed by atoms with Crippen LogP contribution < -0.4 is 5.32 Å². The second kappa shape index (κ2) is 7.23. The molecule has 0 unspecified atom stereocenters. The predicted octanol–water partition coefficient (Wildman–Crippen LogP) is 3.15. The van der Waals surface area contributed by atoms with Crippen molar-refractivity contribution in [2.45, 2.75) is 43.9 Å². The van der Waals surface area contributed by atoms with Crippen LogP contribution in [-0.4, -0.2) is 24.2 Å². The Labute approximate surface area is 128 Å². The van der Waals surface area contributed by atoms with Gasteiger partial charge in [0.1, 0.15) is 0 Å². The van der Waals surface area contributed by atoms with E-state index in [0.29, 0.717) is 0 Å². The van der Waals surface area contributed by atoms with E-state index < -0.39 is 0 Å². The maximum atomic E-state index is 12.3. The number of nitrogens with one attached hydrogen (secondary N) is 1. The molecule has 1 aromatic carbocycles. The highest BCUT2D eigenvalue weighted by Crippen LogP contribution is 2.48. The molecular formula is C16H22BrNO2. The van der Waals surface area contributed by atoms with E-state index in [4.69, 9.17) is 5.11 Å². The molecule has 0 saturated heterocycles. The number of unbranched alkanes of at least 4 members (excludes halogenated alkanes) is 3. The summed E-state index contributed by atoms with van der Waals surface area (Å²) in [6.45, 7) is 1.00. The molecule has 1 saturated carbocycles. The van der Waals surface area contributed by atoms with Crippen molar-refractivity contribution in [2.75, 3.05) is 13.2 Å². The molecule has 0 radical (unpaired) electrons. The highest BCUT2D eigenvalue weighted by molar-refractivity contribution is 9.10. The second-order valence-electron chi connectivity index (χ2n) is 5.48. The molecule has 1 amide bonds. The molecule has 1 aliphatic rings. The highest BCUT2D eigenvalue weighted by atomic mass is 79.9. The van der Waals surface area contributed by atoms with Crippen molar-refractivity contribution < 1.29 is 9.90 Å². The number of halogens is 1. The van der Waals surface area contributed by atoms with E-state index >= 15 is 0 Å². The minimum atomic E-state index is -0.272. The first-order valence-corrected chi connectivity index (χ1v) is 8.13. The van der Waals surface area contributed by atoms with Crippen LogP contribution in [0.2, 0.25) is 0 Å². The van der Waals surface area contributed by atoms with Gasteiger partial charge in [-0.3, -0.25) is 4.79 Å². The number of amides is 1. The summed E-state index contributed by atoms with van der Waals surface area (Å²) in [4.78, 5) is 12.3. The van der Waals surface area contributed by atoms with Crippen molar-refractivity contribution in [3.05, 3.63) is 34.3 Å². The van der Waals surface area contributed by atoms with Gasteiger partial charge in [-0.15, -0.1) is 0 Å². The van der Waals surface area contributed by atoms with E-state index in [-0.39, 0.29) is 17.9 Å². The van der Waals surface area contributed by atoms with Gasteiger partial charge in [-0.25, -0.2) is 0 Å². The third kappa shape index (κ3) is 3.83. The van der Waals surface area contributed by atoms with Crippen molar-refractivity contribution in [1.29, 1.82) is 0 Å². The molecule has 0 heterocycles. The Morgan fingerprint density at radius 1 is 1.15 bits per heavy atom. The molecule has 1 fully saturated rings. The molecule has 2 rings (SSSR count). The fourth-order valence-electron chi connectivity index (χ4n) is 2.50. The minimum absolute atomic E-state index is 0.169. The molecule has 1 aliphatic carbocycles. The topological polar surface area (TPSA) is 49.3 Å². The van der Waals surface area contributed by atoms with E-state index in [1.807, 2.05) is 24.3 Å². The van der Waals surface area contributed by atoms with Crippen molar-refractivity contribution >= 4 is 21.8 Å². The number of hydrogen-bond acceptors (Lipinski definition) is 2. The molecule has 1 aromatic rings. The molecule has 0 aliphatic heterocycles. The van der Waals surface area contributed by atoms with Crippen LogP contribution in [0.15, 0.2) is 28.7 Å². The quantitative estimate of drug-likeness (QED) is 0.715. The van der Waals surface area contributed by atoms with Gasteiger partial charge in [0.05, 0.1) is 5.41 Å². The highest BCUT2D eigenvalue weighted by Gasteiger charge is 2.50. The lowest BCUT2D eigenvalue weighted by Crippen LogP contribution is -2.35. The lowest BCUT2D eigenvalue weighted by molar-refractivity contribution is -0.123. The molecule has 4 heteroatoms. The van der Waals surface area contributed by atoms with Gasteiger partial charge in [-0.2, -0.15) is 0 Å². The number of benzene rings is 1. The number of carbonyl (C=O) groups excluding carboxylic acids is 1. The normalized spacial score (nSPS) is 15.9. The molecular weight excluding hydrogens is 318 g/mol. The van der Waals surface area contributed by atoms with Crippen LogP contribution in [0.3, 0.4) is 0 Å². The number of aliphatic hydroxyl groups excluding tert-OH is 1. The Kier molecular flexibility index (Phi) is 5.61. The summed E-state index contributed by atoms with van der Waals surface area (Å²) in [5.74, 6) is 0.169. The molecule has 3 nitrogen and oxygen atoms in total. The second-order valence-corrected chi connectivity index (χ2v) is 6.40. The van der Waals surface area contributed by atoms with Gasteiger partial charge < -0.3 is 10.4 Å². The van der Waals surface area contributed by atoms with Crippen LogP contribution in [0.5, 0.6) is 0 Å².